The van der Waals surface area contributed by atoms with Gasteiger partial charge in [-0.1, -0.05) is 30.3 Å². The molecule has 3 heterocycles. The Morgan fingerprint density at radius 2 is 1.84 bits per heavy atom. The molecule has 2 aliphatic rings. The summed E-state index contributed by atoms with van der Waals surface area (Å²) in [7, 11) is 1.18. The fourth-order valence-corrected chi connectivity index (χ4v) is 6.43. The maximum atomic E-state index is 14.8. The van der Waals surface area contributed by atoms with Crippen LogP contribution in [0.1, 0.15) is 70.6 Å². The first-order chi connectivity index (χ1) is 21.4. The van der Waals surface area contributed by atoms with E-state index in [4.69, 9.17) is 14.0 Å². The van der Waals surface area contributed by atoms with Gasteiger partial charge in [0, 0.05) is 62.8 Å². The molecule has 2 N–H and O–H groups in total. The number of piperidine rings is 1. The maximum absolute atomic E-state index is 14.8. The summed E-state index contributed by atoms with van der Waals surface area (Å²) in [6, 6.07) is 14.2. The predicted molar refractivity (Wildman–Crippen MR) is 172 cm³/mol. The van der Waals surface area contributed by atoms with Gasteiger partial charge >= 0.3 is 13.2 Å². The first kappa shape index (κ1) is 33.0. The van der Waals surface area contributed by atoms with Crippen molar-refractivity contribution in [3.05, 3.63) is 65.6 Å². The largest absolute Gasteiger partial charge is 0.494 e. The number of aromatic nitrogens is 1. The summed E-state index contributed by atoms with van der Waals surface area (Å²) in [5.74, 6) is -0.305. The van der Waals surface area contributed by atoms with E-state index in [-0.39, 0.29) is 24.1 Å². The van der Waals surface area contributed by atoms with Crippen molar-refractivity contribution in [2.75, 3.05) is 26.8 Å². The molecule has 0 bridgehead atoms. The molecule has 9 nitrogen and oxygen atoms in total. The van der Waals surface area contributed by atoms with Gasteiger partial charge in [-0.3, -0.25) is 4.79 Å². The molecule has 2 unspecified atom stereocenters. The molecule has 45 heavy (non-hydrogen) atoms. The molecule has 1 aromatic heterocycles. The number of benzene rings is 2. The number of nitrogens with zero attached hydrogens (tertiary/aromatic N) is 2. The standard InChI is InChI=1S/C34H45BFN3O6/c1-33(2)34(3,4)45-35(44-33)25-14-12-23(13-15-25)19-26(37-32(41)42)20-31(40)38-16-7-9-24(22-38)30-21-27-28(36)10-6-11-29(27)39(30)17-8-18-43-5/h6,10-15,21,24,26,37H,7-9,16-20,22H2,1-5H3,(H,41,42). The number of halogens is 1. The summed E-state index contributed by atoms with van der Waals surface area (Å²) in [5.41, 5.74) is 2.76. The van der Waals surface area contributed by atoms with Crippen molar-refractivity contribution in [2.24, 2.45) is 0 Å². The molecule has 2 saturated heterocycles. The molecule has 2 aliphatic heterocycles. The van der Waals surface area contributed by atoms with Crippen molar-refractivity contribution >= 4 is 35.5 Å². The molecule has 2 fully saturated rings. The number of methoxy groups -OCH3 is 1. The molecule has 3 aromatic rings. The van der Waals surface area contributed by atoms with Crippen molar-refractivity contribution in [3.8, 4) is 0 Å². The highest BCUT2D eigenvalue weighted by atomic mass is 19.1. The van der Waals surface area contributed by atoms with E-state index < -0.39 is 30.5 Å². The highest BCUT2D eigenvalue weighted by Gasteiger charge is 2.51. The molecule has 2 amide bonds. The highest BCUT2D eigenvalue weighted by Crippen LogP contribution is 2.37. The normalized spacial score (nSPS) is 20.0. The number of aryl methyl sites for hydroxylation is 1. The molecule has 0 radical (unpaired) electrons. The maximum Gasteiger partial charge on any atom is 0.494 e. The van der Waals surface area contributed by atoms with E-state index in [0.717, 1.165) is 41.5 Å². The van der Waals surface area contributed by atoms with E-state index in [9.17, 15) is 19.1 Å². The second-order valence-corrected chi connectivity index (χ2v) is 13.3. The number of likely N-dealkylation sites (tertiary alicyclic amines) is 1. The smallest absolute Gasteiger partial charge is 0.465 e. The van der Waals surface area contributed by atoms with Crippen LogP contribution in [0.5, 0.6) is 0 Å². The van der Waals surface area contributed by atoms with E-state index >= 15 is 0 Å². The number of carboxylic acid groups (broad SMARTS) is 1. The fraction of sp³-hybridized carbons (Fsp3) is 0.529. The number of nitrogens with one attached hydrogen (secondary N) is 1. The van der Waals surface area contributed by atoms with Gasteiger partial charge in [-0.05, 0) is 82.6 Å². The molecule has 5 rings (SSSR count). The molecule has 11 heteroatoms. The Kier molecular flexibility index (Phi) is 9.91. The third-order valence-electron chi connectivity index (χ3n) is 9.58. The van der Waals surface area contributed by atoms with E-state index in [0.29, 0.717) is 38.0 Å². The number of carbonyl (C=O) groups excluding carboxylic acids is 1. The molecular formula is C34H45BFN3O6. The van der Waals surface area contributed by atoms with Gasteiger partial charge in [0.15, 0.2) is 0 Å². The van der Waals surface area contributed by atoms with Crippen molar-refractivity contribution in [3.63, 3.8) is 0 Å². The Hall–Kier alpha value is -3.41. The molecule has 2 aromatic carbocycles. The van der Waals surface area contributed by atoms with Crippen molar-refractivity contribution in [1.82, 2.24) is 14.8 Å². The Morgan fingerprint density at radius 3 is 2.51 bits per heavy atom. The summed E-state index contributed by atoms with van der Waals surface area (Å²) in [6.45, 7) is 10.4. The molecular weight excluding hydrogens is 576 g/mol. The summed E-state index contributed by atoms with van der Waals surface area (Å²) in [5, 5.41) is 12.7. The second-order valence-electron chi connectivity index (χ2n) is 13.3. The van der Waals surface area contributed by atoms with Crippen LogP contribution in [0.3, 0.4) is 0 Å². The lowest BCUT2D eigenvalue weighted by atomic mass is 9.78. The van der Waals surface area contributed by atoms with Crippen LogP contribution in [0.4, 0.5) is 9.18 Å². The SMILES string of the molecule is COCCCn1c(C2CCCN(C(=O)CC(Cc3ccc(B4OC(C)(C)C(C)(C)O4)cc3)NC(=O)O)C2)cc2c(F)cccc21. The van der Waals surface area contributed by atoms with Gasteiger partial charge in [0.05, 0.1) is 16.7 Å². The van der Waals surface area contributed by atoms with Crippen LogP contribution in [-0.4, -0.2) is 77.7 Å². The van der Waals surface area contributed by atoms with E-state index in [1.807, 2.05) is 69.0 Å². The lowest BCUT2D eigenvalue weighted by Gasteiger charge is -2.34. The molecule has 0 saturated carbocycles. The topological polar surface area (TPSA) is 102 Å². The van der Waals surface area contributed by atoms with Gasteiger partial charge in [-0.25, -0.2) is 9.18 Å². The van der Waals surface area contributed by atoms with Crippen molar-refractivity contribution in [1.29, 1.82) is 0 Å². The van der Waals surface area contributed by atoms with Crippen molar-refractivity contribution in [2.45, 2.75) is 89.5 Å². The fourth-order valence-electron chi connectivity index (χ4n) is 6.43. The number of carbonyl (C=O) groups is 2. The summed E-state index contributed by atoms with van der Waals surface area (Å²) in [6.07, 6.45) is 1.74. The van der Waals surface area contributed by atoms with Crippen LogP contribution in [0.25, 0.3) is 10.9 Å². The number of rotatable bonds is 11. The van der Waals surface area contributed by atoms with Gasteiger partial charge in [0.25, 0.3) is 0 Å². The molecule has 0 spiro atoms. The van der Waals surface area contributed by atoms with E-state index in [1.165, 1.54) is 6.07 Å². The lowest BCUT2D eigenvalue weighted by molar-refractivity contribution is -0.132. The summed E-state index contributed by atoms with van der Waals surface area (Å²) < 4.78 is 34.5. The predicted octanol–water partition coefficient (Wildman–Crippen LogP) is 5.09. The van der Waals surface area contributed by atoms with Crippen molar-refractivity contribution < 1.29 is 33.1 Å². The van der Waals surface area contributed by atoms with Crippen LogP contribution in [-0.2, 0) is 31.8 Å². The Bertz CT molecular complexity index is 1490. The first-order valence-electron chi connectivity index (χ1n) is 15.9. The van der Waals surface area contributed by atoms with Gasteiger partial charge < -0.3 is 33.9 Å². The van der Waals surface area contributed by atoms with Crippen LogP contribution < -0.4 is 10.8 Å². The van der Waals surface area contributed by atoms with Gasteiger partial charge in [0.1, 0.15) is 5.82 Å². The Morgan fingerprint density at radius 1 is 1.13 bits per heavy atom. The number of amides is 2. The average Bonchev–Trinajstić information content (AvgIpc) is 3.47. The van der Waals surface area contributed by atoms with Crippen LogP contribution in [0, 0.1) is 5.82 Å². The zero-order valence-corrected chi connectivity index (χ0v) is 27.0. The lowest BCUT2D eigenvalue weighted by Crippen LogP contribution is -2.44. The Labute approximate surface area is 265 Å². The zero-order chi connectivity index (χ0) is 32.4. The number of ether oxygens (including phenoxy) is 1. The van der Waals surface area contributed by atoms with E-state index in [1.54, 1.807) is 13.2 Å². The Balaban J connectivity index is 1.27. The second kappa shape index (κ2) is 13.5. The number of hydrogen-bond acceptors (Lipinski definition) is 5. The van der Waals surface area contributed by atoms with Crippen LogP contribution in [0.2, 0.25) is 0 Å². The summed E-state index contributed by atoms with van der Waals surface area (Å²) >= 11 is 0. The quantitative estimate of drug-likeness (QED) is 0.229. The van der Waals surface area contributed by atoms with Crippen LogP contribution >= 0.6 is 0 Å². The first-order valence-corrected chi connectivity index (χ1v) is 15.9. The summed E-state index contributed by atoms with van der Waals surface area (Å²) in [4.78, 5) is 27.1. The molecule has 0 aliphatic carbocycles. The average molecular weight is 622 g/mol. The monoisotopic (exact) mass is 621 g/mol. The zero-order valence-electron chi connectivity index (χ0n) is 27.0. The third kappa shape index (κ3) is 7.37. The minimum atomic E-state index is -1.17. The minimum Gasteiger partial charge on any atom is -0.465 e. The van der Waals surface area contributed by atoms with Gasteiger partial charge in [-0.2, -0.15) is 0 Å². The van der Waals surface area contributed by atoms with Gasteiger partial charge in [0.2, 0.25) is 5.91 Å². The highest BCUT2D eigenvalue weighted by molar-refractivity contribution is 6.62. The number of fused-ring (bicyclic) bond motifs is 1. The minimum absolute atomic E-state index is 0.0451. The molecule has 242 valence electrons. The van der Waals surface area contributed by atoms with Crippen LogP contribution in [0.15, 0.2) is 48.5 Å². The van der Waals surface area contributed by atoms with Gasteiger partial charge in [-0.15, -0.1) is 0 Å². The third-order valence-corrected chi connectivity index (χ3v) is 9.58. The number of hydrogen-bond donors (Lipinski definition) is 2. The van der Waals surface area contributed by atoms with E-state index in [2.05, 4.69) is 9.88 Å². The molecule has 2 atom stereocenters.